The van der Waals surface area contributed by atoms with Crippen LogP contribution in [0.1, 0.15) is 29.4 Å². The van der Waals surface area contributed by atoms with Crippen LogP contribution in [0.3, 0.4) is 0 Å². The van der Waals surface area contributed by atoms with Crippen LogP contribution in [0.25, 0.3) is 0 Å². The molecule has 3 rings (SSSR count). The van der Waals surface area contributed by atoms with Crippen LogP contribution >= 0.6 is 0 Å². The van der Waals surface area contributed by atoms with Crippen molar-refractivity contribution in [2.24, 2.45) is 0 Å². The van der Waals surface area contributed by atoms with E-state index in [0.717, 1.165) is 12.8 Å². The molecular weight excluding hydrogens is 228 g/mol. The zero-order valence-corrected chi connectivity index (χ0v) is 9.84. The molecule has 1 saturated carbocycles. The molecule has 2 heterocycles. The Morgan fingerprint density at radius 1 is 1.44 bits per heavy atom. The molecular formula is C13H14N4O. The minimum absolute atomic E-state index is 0.169. The molecule has 0 saturated heterocycles. The highest BCUT2D eigenvalue weighted by Crippen LogP contribution is 2.37. The van der Waals surface area contributed by atoms with Crippen molar-refractivity contribution in [3.8, 4) is 0 Å². The topological polar surface area (TPSA) is 72.9 Å². The molecule has 2 aromatic rings. The highest BCUT2D eigenvalue weighted by atomic mass is 16.2. The zero-order valence-electron chi connectivity index (χ0n) is 9.84. The minimum atomic E-state index is -0.169. The standard InChI is InChI=1S/C13H14N4O/c14-9-7-11(17(8-9)10-4-5-10)13(18)16-12-3-1-2-6-15-12/h1-3,6-8,10H,4-5,14H2,(H,15,16,18). The fourth-order valence-electron chi connectivity index (χ4n) is 1.95. The van der Waals surface area contributed by atoms with Gasteiger partial charge in [-0.05, 0) is 31.0 Å². The Labute approximate surface area is 105 Å². The third kappa shape index (κ3) is 2.07. The number of anilines is 2. The lowest BCUT2D eigenvalue weighted by atomic mass is 10.3. The van der Waals surface area contributed by atoms with Gasteiger partial charge in [0, 0.05) is 18.4 Å². The molecule has 0 bridgehead atoms. The molecule has 1 aliphatic carbocycles. The van der Waals surface area contributed by atoms with Crippen molar-refractivity contribution >= 4 is 17.4 Å². The molecule has 92 valence electrons. The highest BCUT2D eigenvalue weighted by molar-refractivity contribution is 6.03. The molecule has 0 aliphatic heterocycles. The van der Waals surface area contributed by atoms with Crippen LogP contribution in [0.5, 0.6) is 0 Å². The third-order valence-electron chi connectivity index (χ3n) is 2.95. The summed E-state index contributed by atoms with van der Waals surface area (Å²) < 4.78 is 1.95. The van der Waals surface area contributed by atoms with Gasteiger partial charge in [0.2, 0.25) is 0 Å². The number of hydrogen-bond donors (Lipinski definition) is 2. The zero-order chi connectivity index (χ0) is 12.5. The predicted molar refractivity (Wildman–Crippen MR) is 69.3 cm³/mol. The van der Waals surface area contributed by atoms with E-state index in [1.807, 2.05) is 16.8 Å². The van der Waals surface area contributed by atoms with Crippen molar-refractivity contribution in [2.45, 2.75) is 18.9 Å². The van der Waals surface area contributed by atoms with Crippen LogP contribution in [0.2, 0.25) is 0 Å². The van der Waals surface area contributed by atoms with E-state index >= 15 is 0 Å². The number of hydrogen-bond acceptors (Lipinski definition) is 3. The molecule has 0 radical (unpaired) electrons. The number of amides is 1. The maximum atomic E-state index is 12.2. The summed E-state index contributed by atoms with van der Waals surface area (Å²) >= 11 is 0. The van der Waals surface area contributed by atoms with E-state index in [0.29, 0.717) is 23.2 Å². The maximum absolute atomic E-state index is 12.2. The van der Waals surface area contributed by atoms with Gasteiger partial charge < -0.3 is 15.6 Å². The number of nitrogen functional groups attached to an aromatic ring is 1. The lowest BCUT2D eigenvalue weighted by Gasteiger charge is -2.07. The van der Waals surface area contributed by atoms with Gasteiger partial charge in [-0.2, -0.15) is 0 Å². The minimum Gasteiger partial charge on any atom is -0.397 e. The van der Waals surface area contributed by atoms with Gasteiger partial charge in [-0.15, -0.1) is 0 Å². The first kappa shape index (κ1) is 10.8. The highest BCUT2D eigenvalue weighted by Gasteiger charge is 2.27. The number of carbonyl (C=O) groups is 1. The summed E-state index contributed by atoms with van der Waals surface area (Å²) in [6.45, 7) is 0. The number of carbonyl (C=O) groups excluding carboxylic acids is 1. The SMILES string of the molecule is Nc1cc(C(=O)Nc2ccccn2)n(C2CC2)c1. The summed E-state index contributed by atoms with van der Waals surface area (Å²) in [5.74, 6) is 0.377. The molecule has 5 heteroatoms. The van der Waals surface area contributed by atoms with Crippen LogP contribution in [-0.4, -0.2) is 15.5 Å². The van der Waals surface area contributed by atoms with E-state index in [4.69, 9.17) is 5.73 Å². The first-order chi connectivity index (χ1) is 8.74. The molecule has 2 aromatic heterocycles. The van der Waals surface area contributed by atoms with Gasteiger partial charge in [0.25, 0.3) is 5.91 Å². The lowest BCUT2D eigenvalue weighted by Crippen LogP contribution is -2.16. The van der Waals surface area contributed by atoms with Crippen LogP contribution in [0.15, 0.2) is 36.7 Å². The van der Waals surface area contributed by atoms with Gasteiger partial charge in [-0.25, -0.2) is 4.98 Å². The van der Waals surface area contributed by atoms with Crippen LogP contribution < -0.4 is 11.1 Å². The molecule has 1 aliphatic rings. The van der Waals surface area contributed by atoms with Crippen LogP contribution in [0.4, 0.5) is 11.5 Å². The molecule has 0 atom stereocenters. The molecule has 0 unspecified atom stereocenters. The Balaban J connectivity index is 1.84. The normalized spacial score (nSPS) is 14.4. The first-order valence-electron chi connectivity index (χ1n) is 5.94. The quantitative estimate of drug-likeness (QED) is 0.865. The Kier molecular flexibility index (Phi) is 2.51. The van der Waals surface area contributed by atoms with E-state index in [2.05, 4.69) is 10.3 Å². The molecule has 0 spiro atoms. The summed E-state index contributed by atoms with van der Waals surface area (Å²) in [6.07, 6.45) is 5.69. The maximum Gasteiger partial charge on any atom is 0.273 e. The lowest BCUT2D eigenvalue weighted by molar-refractivity contribution is 0.101. The molecule has 3 N–H and O–H groups in total. The summed E-state index contributed by atoms with van der Waals surface area (Å²) in [7, 11) is 0. The molecule has 5 nitrogen and oxygen atoms in total. The largest absolute Gasteiger partial charge is 0.397 e. The first-order valence-corrected chi connectivity index (χ1v) is 5.94. The van der Waals surface area contributed by atoms with Gasteiger partial charge >= 0.3 is 0 Å². The van der Waals surface area contributed by atoms with Crippen molar-refractivity contribution in [3.05, 3.63) is 42.4 Å². The van der Waals surface area contributed by atoms with Crippen molar-refractivity contribution in [1.29, 1.82) is 0 Å². The number of rotatable bonds is 3. The Morgan fingerprint density at radius 2 is 2.28 bits per heavy atom. The van der Waals surface area contributed by atoms with Crippen molar-refractivity contribution in [1.82, 2.24) is 9.55 Å². The summed E-state index contributed by atoms with van der Waals surface area (Å²) in [6, 6.07) is 7.52. The number of nitrogens with zero attached hydrogens (tertiary/aromatic N) is 2. The third-order valence-corrected chi connectivity index (χ3v) is 2.95. The van der Waals surface area contributed by atoms with E-state index < -0.39 is 0 Å². The van der Waals surface area contributed by atoms with Crippen LogP contribution in [-0.2, 0) is 0 Å². The van der Waals surface area contributed by atoms with E-state index in [-0.39, 0.29) is 5.91 Å². The number of pyridine rings is 1. The van der Waals surface area contributed by atoms with Gasteiger partial charge in [-0.1, -0.05) is 6.07 Å². The summed E-state index contributed by atoms with van der Waals surface area (Å²) in [5.41, 5.74) is 6.98. The van der Waals surface area contributed by atoms with Crippen molar-refractivity contribution < 1.29 is 4.79 Å². The second-order valence-electron chi connectivity index (χ2n) is 4.47. The second kappa shape index (κ2) is 4.18. The van der Waals surface area contributed by atoms with Crippen LogP contribution in [0, 0.1) is 0 Å². The average Bonchev–Trinajstić information content (AvgIpc) is 3.13. The smallest absolute Gasteiger partial charge is 0.273 e. The van der Waals surface area contributed by atoms with Gasteiger partial charge in [-0.3, -0.25) is 4.79 Å². The number of nitrogens with one attached hydrogen (secondary N) is 1. The fraction of sp³-hybridized carbons (Fsp3) is 0.231. The molecule has 18 heavy (non-hydrogen) atoms. The Morgan fingerprint density at radius 3 is 2.94 bits per heavy atom. The van der Waals surface area contributed by atoms with Gasteiger partial charge in [0.05, 0.1) is 5.69 Å². The second-order valence-corrected chi connectivity index (χ2v) is 4.47. The predicted octanol–water partition coefficient (Wildman–Crippen LogP) is 2.05. The summed E-state index contributed by atoms with van der Waals surface area (Å²) in [5, 5.41) is 2.77. The Hall–Kier alpha value is -2.30. The fourth-order valence-corrected chi connectivity index (χ4v) is 1.95. The van der Waals surface area contributed by atoms with Crippen molar-refractivity contribution in [3.63, 3.8) is 0 Å². The monoisotopic (exact) mass is 242 g/mol. The van der Waals surface area contributed by atoms with E-state index in [1.165, 1.54) is 0 Å². The number of nitrogens with two attached hydrogens (primary N) is 1. The molecule has 1 fully saturated rings. The molecule has 1 amide bonds. The number of aromatic nitrogens is 2. The Bertz CT molecular complexity index is 572. The average molecular weight is 242 g/mol. The van der Waals surface area contributed by atoms with E-state index in [1.54, 1.807) is 24.4 Å². The molecule has 0 aromatic carbocycles. The van der Waals surface area contributed by atoms with Gasteiger partial charge in [0.15, 0.2) is 0 Å². The summed E-state index contributed by atoms with van der Waals surface area (Å²) in [4.78, 5) is 16.2. The van der Waals surface area contributed by atoms with Crippen molar-refractivity contribution in [2.75, 3.05) is 11.1 Å². The van der Waals surface area contributed by atoms with E-state index in [9.17, 15) is 4.79 Å². The van der Waals surface area contributed by atoms with Gasteiger partial charge in [0.1, 0.15) is 11.5 Å².